The van der Waals surface area contributed by atoms with Gasteiger partial charge in [-0.15, -0.1) is 11.3 Å². The van der Waals surface area contributed by atoms with E-state index in [0.29, 0.717) is 26.2 Å². The molecule has 1 amide bonds. The molecule has 6 nitrogen and oxygen atoms in total. The molecular weight excluding hydrogens is 395 g/mol. The quantitative estimate of drug-likeness (QED) is 0.674. The summed E-state index contributed by atoms with van der Waals surface area (Å²) >= 11 is 13.4. The van der Waals surface area contributed by atoms with E-state index in [1.807, 2.05) is 0 Å². The molecule has 0 radical (unpaired) electrons. The molecule has 0 aliphatic rings. The predicted octanol–water partition coefficient (Wildman–Crippen LogP) is 3.49. The van der Waals surface area contributed by atoms with Gasteiger partial charge in [-0.3, -0.25) is 9.48 Å². The van der Waals surface area contributed by atoms with Crippen molar-refractivity contribution in [2.45, 2.75) is 12.5 Å². The van der Waals surface area contributed by atoms with Crippen LogP contribution in [0.15, 0.2) is 36.0 Å². The van der Waals surface area contributed by atoms with E-state index in [-0.39, 0.29) is 18.1 Å². The first kappa shape index (κ1) is 18.8. The molecule has 2 N–H and O–H groups in total. The van der Waals surface area contributed by atoms with Gasteiger partial charge in [0, 0.05) is 34.8 Å². The zero-order valence-corrected chi connectivity index (χ0v) is 16.4. The average molecular weight is 411 g/mol. The molecule has 3 rings (SSSR count). The van der Waals surface area contributed by atoms with Gasteiger partial charge in [0.15, 0.2) is 0 Å². The van der Waals surface area contributed by atoms with Gasteiger partial charge >= 0.3 is 0 Å². The Bertz CT molecular complexity index is 952. The number of carbonyl (C=O) groups excluding carboxylic acids is 1. The van der Waals surface area contributed by atoms with E-state index >= 15 is 0 Å². The number of aromatic nitrogens is 3. The highest BCUT2D eigenvalue weighted by molar-refractivity contribution is 7.13. The van der Waals surface area contributed by atoms with Crippen molar-refractivity contribution in [1.82, 2.24) is 20.1 Å². The lowest BCUT2D eigenvalue weighted by atomic mass is 10.00. The molecule has 136 valence electrons. The highest BCUT2D eigenvalue weighted by Crippen LogP contribution is 2.32. The number of carbonyl (C=O) groups is 1. The van der Waals surface area contributed by atoms with Crippen LogP contribution in [0.4, 0.5) is 0 Å². The highest BCUT2D eigenvalue weighted by atomic mass is 35.5. The Kier molecular flexibility index (Phi) is 5.34. The van der Waals surface area contributed by atoms with E-state index in [0.717, 1.165) is 0 Å². The first-order valence-electron chi connectivity index (χ1n) is 7.67. The predicted molar refractivity (Wildman–Crippen MR) is 103 cm³/mol. The van der Waals surface area contributed by atoms with Crippen LogP contribution in [0.5, 0.6) is 0 Å². The molecule has 2 aromatic heterocycles. The minimum Gasteiger partial charge on any atom is -0.383 e. The molecule has 0 spiro atoms. The second-order valence-electron chi connectivity index (χ2n) is 6.02. The van der Waals surface area contributed by atoms with Crippen LogP contribution in [0.2, 0.25) is 10.0 Å². The fraction of sp³-hybridized carbons (Fsp3) is 0.235. The maximum atomic E-state index is 12.4. The van der Waals surface area contributed by atoms with Crippen molar-refractivity contribution >= 4 is 40.4 Å². The number of aliphatic hydroxyl groups is 1. The molecule has 0 aliphatic carbocycles. The molecule has 0 unspecified atom stereocenters. The number of benzene rings is 1. The lowest BCUT2D eigenvalue weighted by molar-refractivity contribution is 0.0524. The van der Waals surface area contributed by atoms with E-state index in [4.69, 9.17) is 23.2 Å². The molecule has 26 heavy (non-hydrogen) atoms. The first-order valence-corrected chi connectivity index (χ1v) is 9.30. The van der Waals surface area contributed by atoms with Crippen LogP contribution < -0.4 is 5.32 Å². The van der Waals surface area contributed by atoms with Crippen LogP contribution in [0.1, 0.15) is 23.0 Å². The molecule has 0 saturated heterocycles. The number of nitrogens with zero attached hydrogens (tertiary/aromatic N) is 3. The fourth-order valence-corrected chi connectivity index (χ4v) is 3.70. The third kappa shape index (κ3) is 4.07. The summed E-state index contributed by atoms with van der Waals surface area (Å²) in [6, 6.07) is 5.11. The van der Waals surface area contributed by atoms with Crippen molar-refractivity contribution in [2.75, 3.05) is 6.54 Å². The number of amides is 1. The van der Waals surface area contributed by atoms with Gasteiger partial charge in [-0.25, -0.2) is 4.98 Å². The van der Waals surface area contributed by atoms with Gasteiger partial charge in [0.1, 0.15) is 16.3 Å². The summed E-state index contributed by atoms with van der Waals surface area (Å²) in [7, 11) is 1.76. The van der Waals surface area contributed by atoms with Crippen LogP contribution in [0.25, 0.3) is 10.6 Å². The van der Waals surface area contributed by atoms with E-state index in [2.05, 4.69) is 15.4 Å². The van der Waals surface area contributed by atoms with Crippen LogP contribution in [0.3, 0.4) is 0 Å². The van der Waals surface area contributed by atoms with Gasteiger partial charge < -0.3 is 10.4 Å². The van der Waals surface area contributed by atoms with Gasteiger partial charge in [-0.1, -0.05) is 23.2 Å². The highest BCUT2D eigenvalue weighted by Gasteiger charge is 2.26. The smallest absolute Gasteiger partial charge is 0.270 e. The summed E-state index contributed by atoms with van der Waals surface area (Å²) in [6.07, 6.45) is 3.27. The second kappa shape index (κ2) is 7.36. The van der Waals surface area contributed by atoms with Gasteiger partial charge in [0.25, 0.3) is 5.91 Å². The normalized spacial score (nSPS) is 13.4. The average Bonchev–Trinajstić information content (AvgIpc) is 3.22. The molecule has 1 aromatic carbocycles. The molecular formula is C17H16Cl2N4O2S. The van der Waals surface area contributed by atoms with Gasteiger partial charge in [0.05, 0.1) is 17.8 Å². The zero-order valence-electron chi connectivity index (χ0n) is 14.0. The summed E-state index contributed by atoms with van der Waals surface area (Å²) in [4.78, 5) is 16.7. The Morgan fingerprint density at radius 1 is 1.42 bits per heavy atom. The molecule has 2 heterocycles. The van der Waals surface area contributed by atoms with Crippen molar-refractivity contribution in [3.05, 3.63) is 57.3 Å². The summed E-state index contributed by atoms with van der Waals surface area (Å²) < 4.78 is 1.59. The number of rotatable bonds is 5. The largest absolute Gasteiger partial charge is 0.383 e. The van der Waals surface area contributed by atoms with Gasteiger partial charge in [-0.05, 0) is 25.1 Å². The number of hydrogen-bond donors (Lipinski definition) is 2. The molecule has 0 bridgehead atoms. The Hall–Kier alpha value is -1.93. The Balaban J connectivity index is 1.70. The zero-order chi connectivity index (χ0) is 18.9. The second-order valence-corrected chi connectivity index (χ2v) is 7.72. The summed E-state index contributed by atoms with van der Waals surface area (Å²) in [5, 5.41) is 20.5. The van der Waals surface area contributed by atoms with Crippen molar-refractivity contribution < 1.29 is 9.90 Å². The Labute approximate surface area is 164 Å². The van der Waals surface area contributed by atoms with Crippen LogP contribution in [0, 0.1) is 0 Å². The minimum atomic E-state index is -1.23. The minimum absolute atomic E-state index is 0.0338. The van der Waals surface area contributed by atoms with Crippen LogP contribution >= 0.6 is 34.5 Å². The van der Waals surface area contributed by atoms with Crippen molar-refractivity contribution in [3.63, 3.8) is 0 Å². The summed E-state index contributed by atoms with van der Waals surface area (Å²) in [5.74, 6) is -0.373. The Morgan fingerprint density at radius 2 is 2.19 bits per heavy atom. The topological polar surface area (TPSA) is 80.0 Å². The van der Waals surface area contributed by atoms with E-state index in [1.54, 1.807) is 54.6 Å². The standard InChI is InChI=1S/C17H16Cl2N4O2S/c1-17(25,10-6-21-23(2)7-10)9-20-15(24)14-8-26-16(22-14)12-4-3-11(18)5-13(12)19/h3-8,25H,9H2,1-2H3,(H,20,24)/t17-/m1/s1. The van der Waals surface area contributed by atoms with E-state index < -0.39 is 5.60 Å². The Morgan fingerprint density at radius 3 is 2.85 bits per heavy atom. The molecule has 0 aliphatic heterocycles. The van der Waals surface area contributed by atoms with Crippen molar-refractivity contribution in [1.29, 1.82) is 0 Å². The van der Waals surface area contributed by atoms with E-state index in [1.165, 1.54) is 11.3 Å². The van der Waals surface area contributed by atoms with E-state index in [9.17, 15) is 9.90 Å². The van der Waals surface area contributed by atoms with Crippen LogP contribution in [-0.2, 0) is 12.6 Å². The molecule has 3 aromatic rings. The van der Waals surface area contributed by atoms with Gasteiger partial charge in [0.2, 0.25) is 0 Å². The summed E-state index contributed by atoms with van der Waals surface area (Å²) in [6.45, 7) is 1.65. The van der Waals surface area contributed by atoms with Gasteiger partial charge in [-0.2, -0.15) is 5.10 Å². The summed E-state index contributed by atoms with van der Waals surface area (Å²) in [5.41, 5.74) is 0.357. The maximum absolute atomic E-state index is 12.4. The molecule has 1 atom stereocenters. The van der Waals surface area contributed by atoms with Crippen LogP contribution in [-0.4, -0.2) is 32.3 Å². The lowest BCUT2D eigenvalue weighted by Crippen LogP contribution is -2.38. The third-order valence-electron chi connectivity index (χ3n) is 3.82. The molecule has 9 heteroatoms. The fourth-order valence-electron chi connectivity index (χ4n) is 2.31. The number of thiazole rings is 1. The number of nitrogens with one attached hydrogen (secondary N) is 1. The number of aryl methyl sites for hydroxylation is 1. The molecule has 0 fully saturated rings. The monoisotopic (exact) mass is 410 g/mol. The SMILES string of the molecule is Cn1cc([C@](C)(O)CNC(=O)c2csc(-c3ccc(Cl)cc3Cl)n2)cn1. The number of hydrogen-bond acceptors (Lipinski definition) is 5. The van der Waals surface area contributed by atoms with Crippen molar-refractivity contribution in [2.24, 2.45) is 7.05 Å². The van der Waals surface area contributed by atoms with Crippen molar-refractivity contribution in [3.8, 4) is 10.6 Å². The first-order chi connectivity index (χ1) is 12.3. The third-order valence-corrected chi connectivity index (χ3v) is 5.24. The maximum Gasteiger partial charge on any atom is 0.270 e. The lowest BCUT2D eigenvalue weighted by Gasteiger charge is -2.21. The molecule has 0 saturated carbocycles. The number of halogens is 2.